The van der Waals surface area contributed by atoms with Crippen LogP contribution in [-0.4, -0.2) is 74.6 Å². The Kier molecular flexibility index (Phi) is 10.7. The van der Waals surface area contributed by atoms with E-state index in [0.717, 1.165) is 23.6 Å². The van der Waals surface area contributed by atoms with E-state index in [0.29, 0.717) is 29.2 Å². The molecule has 0 unspecified atom stereocenters. The quantitative estimate of drug-likeness (QED) is 0.391. The third-order valence-electron chi connectivity index (χ3n) is 7.32. The minimum atomic E-state index is -3.80. The monoisotopic (exact) mass is 639 g/mol. The lowest BCUT2D eigenvalue weighted by molar-refractivity contribution is -0.134. The molecule has 0 saturated carbocycles. The SMILES string of the molecule is CC(=O)O.COc1cc2ccc1CNC(=O)COc1cc(ccc1C)C(=O)N[C@H]1CN(S(=O)(=O)c3ccc(C)cc3)CC[C@H]1O2. The van der Waals surface area contributed by atoms with Crippen molar-refractivity contribution in [2.24, 2.45) is 0 Å². The number of hydrogen-bond acceptors (Lipinski definition) is 8. The number of aryl methyl sites for hydroxylation is 2. The van der Waals surface area contributed by atoms with Crippen LogP contribution in [0.25, 0.3) is 0 Å². The number of rotatable bonds is 3. The van der Waals surface area contributed by atoms with Crippen LogP contribution in [-0.2, 0) is 26.2 Å². The van der Waals surface area contributed by atoms with Gasteiger partial charge >= 0.3 is 0 Å². The van der Waals surface area contributed by atoms with Crippen molar-refractivity contribution in [3.63, 3.8) is 0 Å². The van der Waals surface area contributed by atoms with Gasteiger partial charge in [0.15, 0.2) is 6.61 Å². The molecule has 0 spiro atoms. The molecule has 3 aromatic carbocycles. The lowest BCUT2D eigenvalue weighted by atomic mass is 10.0. The number of methoxy groups -OCH3 is 1. The largest absolute Gasteiger partial charge is 0.496 e. The number of carbonyl (C=O) groups excluding carboxylic acids is 2. The van der Waals surface area contributed by atoms with Gasteiger partial charge in [0.1, 0.15) is 23.4 Å². The van der Waals surface area contributed by atoms with Gasteiger partial charge in [0, 0.05) is 50.2 Å². The third kappa shape index (κ3) is 8.52. The number of carbonyl (C=O) groups is 3. The molecule has 6 rings (SSSR count). The summed E-state index contributed by atoms with van der Waals surface area (Å²) in [6.07, 6.45) is -0.172. The number of ether oxygens (including phenoxy) is 3. The number of fused-ring (bicyclic) bond motifs is 7. The van der Waals surface area contributed by atoms with Gasteiger partial charge in [-0.05, 0) is 55.8 Å². The summed E-state index contributed by atoms with van der Waals surface area (Å²) >= 11 is 0. The highest BCUT2D eigenvalue weighted by Crippen LogP contribution is 2.29. The van der Waals surface area contributed by atoms with Crippen molar-refractivity contribution in [1.29, 1.82) is 0 Å². The Morgan fingerprint density at radius 2 is 1.76 bits per heavy atom. The molecule has 3 heterocycles. The van der Waals surface area contributed by atoms with E-state index in [2.05, 4.69) is 10.6 Å². The Bertz CT molecular complexity index is 1650. The van der Waals surface area contributed by atoms with Gasteiger partial charge in [-0.2, -0.15) is 4.31 Å². The molecule has 0 aromatic heterocycles. The minimum absolute atomic E-state index is 0.0233. The Hall–Kier alpha value is -4.62. The van der Waals surface area contributed by atoms with Crippen molar-refractivity contribution in [2.45, 2.75) is 50.8 Å². The van der Waals surface area contributed by atoms with Crippen LogP contribution < -0.4 is 24.8 Å². The summed E-state index contributed by atoms with van der Waals surface area (Å²) in [5.41, 5.74) is 2.79. The van der Waals surface area contributed by atoms with E-state index >= 15 is 0 Å². The molecule has 3 aromatic rings. The zero-order valence-electron chi connectivity index (χ0n) is 25.5. The normalized spacial score (nSPS) is 18.8. The van der Waals surface area contributed by atoms with Crippen LogP contribution in [0.3, 0.4) is 0 Å². The van der Waals surface area contributed by atoms with Gasteiger partial charge in [0.25, 0.3) is 17.8 Å². The van der Waals surface area contributed by atoms with Crippen LogP contribution in [0.1, 0.15) is 40.4 Å². The van der Waals surface area contributed by atoms with Crippen molar-refractivity contribution < 1.29 is 42.1 Å². The van der Waals surface area contributed by atoms with Crippen molar-refractivity contribution in [3.05, 3.63) is 82.9 Å². The molecular formula is C32H37N3O9S. The number of sulfonamides is 1. The van der Waals surface area contributed by atoms with Crippen molar-refractivity contribution in [1.82, 2.24) is 14.9 Å². The third-order valence-corrected chi connectivity index (χ3v) is 9.20. The van der Waals surface area contributed by atoms with E-state index in [-0.39, 0.29) is 37.0 Å². The van der Waals surface area contributed by atoms with Gasteiger partial charge < -0.3 is 30.0 Å². The molecule has 3 aliphatic heterocycles. The van der Waals surface area contributed by atoms with Gasteiger partial charge in [-0.15, -0.1) is 0 Å². The number of aliphatic carboxylic acids is 1. The van der Waals surface area contributed by atoms with E-state index in [1.165, 1.54) is 11.4 Å². The lowest BCUT2D eigenvalue weighted by Gasteiger charge is -2.38. The second-order valence-corrected chi connectivity index (χ2v) is 12.7. The molecule has 13 heteroatoms. The predicted molar refractivity (Wildman–Crippen MR) is 165 cm³/mol. The highest BCUT2D eigenvalue weighted by atomic mass is 32.2. The molecule has 2 atom stereocenters. The predicted octanol–water partition coefficient (Wildman–Crippen LogP) is 3.05. The zero-order chi connectivity index (χ0) is 32.7. The summed E-state index contributed by atoms with van der Waals surface area (Å²) in [5.74, 6) is -0.146. The smallest absolute Gasteiger partial charge is 0.300 e. The number of piperidine rings is 1. The van der Waals surface area contributed by atoms with Crippen LogP contribution in [0.2, 0.25) is 0 Å². The molecular weight excluding hydrogens is 602 g/mol. The van der Waals surface area contributed by atoms with Gasteiger partial charge in [0.2, 0.25) is 10.0 Å². The van der Waals surface area contributed by atoms with Crippen LogP contribution in [0, 0.1) is 13.8 Å². The second-order valence-electron chi connectivity index (χ2n) is 10.7. The summed E-state index contributed by atoms with van der Waals surface area (Å²) in [5, 5.41) is 13.2. The van der Waals surface area contributed by atoms with Gasteiger partial charge in [0.05, 0.1) is 18.0 Å². The summed E-state index contributed by atoms with van der Waals surface area (Å²) < 4.78 is 46.0. The number of nitrogens with zero attached hydrogens (tertiary/aromatic N) is 1. The first-order valence-corrected chi connectivity index (χ1v) is 15.7. The molecule has 0 radical (unpaired) electrons. The topological polar surface area (TPSA) is 161 Å². The summed E-state index contributed by atoms with van der Waals surface area (Å²) in [6, 6.07) is 16.3. The molecule has 2 amide bonds. The lowest BCUT2D eigenvalue weighted by Crippen LogP contribution is -2.58. The van der Waals surface area contributed by atoms with E-state index in [1.807, 2.05) is 13.8 Å². The van der Waals surface area contributed by atoms with E-state index in [9.17, 15) is 18.0 Å². The van der Waals surface area contributed by atoms with Gasteiger partial charge in [-0.25, -0.2) is 8.42 Å². The van der Waals surface area contributed by atoms with Crippen LogP contribution >= 0.6 is 0 Å². The van der Waals surface area contributed by atoms with E-state index in [1.54, 1.807) is 60.7 Å². The highest BCUT2D eigenvalue weighted by Gasteiger charge is 2.38. The maximum Gasteiger partial charge on any atom is 0.300 e. The zero-order valence-corrected chi connectivity index (χ0v) is 26.3. The second kappa shape index (κ2) is 14.4. The molecule has 1 fully saturated rings. The number of nitrogens with one attached hydrogen (secondary N) is 2. The fraction of sp³-hybridized carbons (Fsp3) is 0.344. The molecule has 240 valence electrons. The van der Waals surface area contributed by atoms with Crippen molar-refractivity contribution in [3.8, 4) is 17.2 Å². The molecule has 12 nitrogen and oxygen atoms in total. The minimum Gasteiger partial charge on any atom is -0.496 e. The van der Waals surface area contributed by atoms with Crippen LogP contribution in [0.4, 0.5) is 0 Å². The first kappa shape index (κ1) is 33.3. The molecule has 0 aliphatic carbocycles. The average molecular weight is 640 g/mol. The number of benzene rings is 3. The fourth-order valence-electron chi connectivity index (χ4n) is 4.91. The molecule has 4 bridgehead atoms. The molecule has 1 saturated heterocycles. The number of amides is 2. The highest BCUT2D eigenvalue weighted by molar-refractivity contribution is 7.89. The van der Waals surface area contributed by atoms with Crippen LogP contribution in [0.5, 0.6) is 17.2 Å². The van der Waals surface area contributed by atoms with Crippen molar-refractivity contribution in [2.75, 3.05) is 26.8 Å². The summed E-state index contributed by atoms with van der Waals surface area (Å²) in [7, 11) is -2.27. The van der Waals surface area contributed by atoms with E-state index < -0.39 is 34.0 Å². The number of carboxylic acid groups (broad SMARTS) is 1. The summed E-state index contributed by atoms with van der Waals surface area (Å²) in [6.45, 7) is 5.04. The Labute approximate surface area is 262 Å². The van der Waals surface area contributed by atoms with Crippen LogP contribution in [0.15, 0.2) is 65.6 Å². The Morgan fingerprint density at radius 1 is 1.04 bits per heavy atom. The first-order valence-electron chi connectivity index (χ1n) is 14.3. The Balaban J connectivity index is 0.00000109. The molecule has 3 N–H and O–H groups in total. The number of carboxylic acids is 1. The molecule has 3 aliphatic rings. The number of hydrogen-bond donors (Lipinski definition) is 3. The average Bonchev–Trinajstić information content (AvgIpc) is 3.00. The maximum absolute atomic E-state index is 13.5. The fourth-order valence-corrected chi connectivity index (χ4v) is 6.39. The van der Waals surface area contributed by atoms with Gasteiger partial charge in [-0.3, -0.25) is 14.4 Å². The van der Waals surface area contributed by atoms with Gasteiger partial charge in [-0.1, -0.05) is 23.8 Å². The summed E-state index contributed by atoms with van der Waals surface area (Å²) in [4.78, 5) is 35.1. The van der Waals surface area contributed by atoms with E-state index in [4.69, 9.17) is 24.1 Å². The maximum atomic E-state index is 13.5. The van der Waals surface area contributed by atoms with Crippen molar-refractivity contribution >= 4 is 27.8 Å². The standard InChI is InChI=1S/C30H33N3O7S.C2H4O2/c1-19-4-10-24(11-5-19)41(36,37)33-13-12-26-25(17-33)32-30(35)21-7-6-20(2)27(14-21)39-18-29(34)31-16-22-8-9-23(40-26)15-28(22)38-3;1-2(3)4/h4-11,14-15,25-26H,12-13,16-18H2,1-3H3,(H,31,34)(H,32,35);1H3,(H,3,4)/t25-,26+;/m0./s1. The molecule has 45 heavy (non-hydrogen) atoms. The Morgan fingerprint density at radius 3 is 2.44 bits per heavy atom. The first-order chi connectivity index (χ1) is 21.4.